The quantitative estimate of drug-likeness (QED) is 0.228. The lowest BCUT2D eigenvalue weighted by atomic mass is 10.2. The van der Waals surface area contributed by atoms with Gasteiger partial charge in [0, 0.05) is 13.1 Å². The van der Waals surface area contributed by atoms with Gasteiger partial charge in [-0.05, 0) is 12.8 Å². The summed E-state index contributed by atoms with van der Waals surface area (Å²) >= 11 is 0. The minimum atomic E-state index is -0.720. The first-order chi connectivity index (χ1) is 6.25. The van der Waals surface area contributed by atoms with Gasteiger partial charge in [-0.1, -0.05) is 12.8 Å². The molecule has 0 bridgehead atoms. The zero-order chi connectivity index (χ0) is 9.68. The molecule has 0 atom stereocenters. The van der Waals surface area contributed by atoms with Crippen molar-refractivity contribution in [1.82, 2.24) is 10.3 Å². The lowest BCUT2D eigenvalue weighted by molar-refractivity contribution is -0.145. The van der Waals surface area contributed by atoms with Gasteiger partial charge in [-0.25, -0.2) is 5.84 Å². The zero-order valence-corrected chi connectivity index (χ0v) is 7.58. The molecule has 1 aliphatic rings. The molecule has 2 amide bonds. The van der Waals surface area contributed by atoms with E-state index in [4.69, 9.17) is 5.84 Å². The van der Waals surface area contributed by atoms with Crippen LogP contribution in [-0.2, 0) is 9.59 Å². The first-order valence-corrected chi connectivity index (χ1v) is 4.55. The minimum absolute atomic E-state index is 0.510. The van der Waals surface area contributed by atoms with Gasteiger partial charge < -0.3 is 4.90 Å². The van der Waals surface area contributed by atoms with Crippen molar-refractivity contribution >= 4 is 11.8 Å². The van der Waals surface area contributed by atoms with Crippen LogP contribution in [0.15, 0.2) is 0 Å². The first kappa shape index (κ1) is 9.98. The third kappa shape index (κ3) is 2.69. The summed E-state index contributed by atoms with van der Waals surface area (Å²) in [6.45, 7) is 1.35. The van der Waals surface area contributed by atoms with Crippen molar-refractivity contribution in [2.75, 3.05) is 13.1 Å². The zero-order valence-electron chi connectivity index (χ0n) is 7.58. The number of amides is 2. The van der Waals surface area contributed by atoms with Crippen LogP contribution in [0.3, 0.4) is 0 Å². The maximum Gasteiger partial charge on any atom is 0.323 e. The van der Waals surface area contributed by atoms with E-state index in [-0.39, 0.29) is 0 Å². The average molecular weight is 185 g/mol. The number of hydrogen-bond donors (Lipinski definition) is 2. The molecule has 0 unspecified atom stereocenters. The Bertz CT molecular complexity index is 198. The highest BCUT2D eigenvalue weighted by atomic mass is 16.2. The van der Waals surface area contributed by atoms with Crippen LogP contribution in [0.2, 0.25) is 0 Å². The smallest absolute Gasteiger partial charge is 0.323 e. The van der Waals surface area contributed by atoms with Crippen molar-refractivity contribution < 1.29 is 9.59 Å². The largest absolute Gasteiger partial charge is 0.334 e. The van der Waals surface area contributed by atoms with Crippen molar-refractivity contribution in [2.45, 2.75) is 25.7 Å². The maximum atomic E-state index is 11.3. The van der Waals surface area contributed by atoms with Gasteiger partial charge >= 0.3 is 11.8 Å². The van der Waals surface area contributed by atoms with Crippen LogP contribution in [0.4, 0.5) is 0 Å². The summed E-state index contributed by atoms with van der Waals surface area (Å²) in [5, 5.41) is 0. The molecule has 0 spiro atoms. The van der Waals surface area contributed by atoms with Crippen LogP contribution in [-0.4, -0.2) is 29.8 Å². The maximum absolute atomic E-state index is 11.3. The number of rotatable bonds is 0. The molecule has 0 radical (unpaired) electrons. The minimum Gasteiger partial charge on any atom is -0.334 e. The molecule has 74 valence electrons. The summed E-state index contributed by atoms with van der Waals surface area (Å²) in [5.41, 5.74) is 1.85. The Labute approximate surface area is 77.2 Å². The van der Waals surface area contributed by atoms with Crippen molar-refractivity contribution in [1.29, 1.82) is 0 Å². The summed E-state index contributed by atoms with van der Waals surface area (Å²) in [5.74, 6) is 3.64. The molecule has 0 aliphatic carbocycles. The van der Waals surface area contributed by atoms with Crippen LogP contribution in [0.1, 0.15) is 25.7 Å². The lowest BCUT2D eigenvalue weighted by Gasteiger charge is -2.18. The third-order valence-electron chi connectivity index (χ3n) is 2.22. The SMILES string of the molecule is NNC(=O)C(=O)N1CCCCCC1. The van der Waals surface area contributed by atoms with Crippen molar-refractivity contribution in [2.24, 2.45) is 5.84 Å². The molecule has 1 aliphatic heterocycles. The Balaban J connectivity index is 2.48. The van der Waals surface area contributed by atoms with Crippen LogP contribution < -0.4 is 11.3 Å². The predicted molar refractivity (Wildman–Crippen MR) is 47.4 cm³/mol. The highest BCUT2D eigenvalue weighted by molar-refractivity contribution is 6.34. The number of carbonyl (C=O) groups excluding carboxylic acids is 2. The molecular formula is C8H15N3O2. The van der Waals surface area contributed by atoms with Crippen molar-refractivity contribution in [3.63, 3.8) is 0 Å². The Hall–Kier alpha value is -1.10. The van der Waals surface area contributed by atoms with Gasteiger partial charge in [0.1, 0.15) is 0 Å². The topological polar surface area (TPSA) is 75.4 Å². The van der Waals surface area contributed by atoms with E-state index in [1.807, 2.05) is 5.43 Å². The van der Waals surface area contributed by atoms with E-state index in [9.17, 15) is 9.59 Å². The fourth-order valence-electron chi connectivity index (χ4n) is 1.48. The molecule has 3 N–H and O–H groups in total. The summed E-state index contributed by atoms with van der Waals surface area (Å²) in [6, 6.07) is 0. The first-order valence-electron chi connectivity index (χ1n) is 4.55. The Morgan fingerprint density at radius 2 is 1.62 bits per heavy atom. The summed E-state index contributed by atoms with van der Waals surface area (Å²) in [6.07, 6.45) is 4.22. The second kappa shape index (κ2) is 4.81. The third-order valence-corrected chi connectivity index (χ3v) is 2.22. The second-order valence-electron chi connectivity index (χ2n) is 3.18. The number of hydrogen-bond acceptors (Lipinski definition) is 3. The molecule has 0 aromatic carbocycles. The van der Waals surface area contributed by atoms with E-state index in [1.54, 1.807) is 4.90 Å². The fraction of sp³-hybridized carbons (Fsp3) is 0.750. The van der Waals surface area contributed by atoms with Gasteiger partial charge in [-0.3, -0.25) is 15.0 Å². The van der Waals surface area contributed by atoms with Crippen LogP contribution in [0.5, 0.6) is 0 Å². The molecule has 0 aromatic rings. The van der Waals surface area contributed by atoms with Crippen molar-refractivity contribution in [3.05, 3.63) is 0 Å². The number of carbonyl (C=O) groups is 2. The van der Waals surface area contributed by atoms with Crippen LogP contribution in [0.25, 0.3) is 0 Å². The number of nitrogens with one attached hydrogen (secondary N) is 1. The van der Waals surface area contributed by atoms with E-state index in [0.29, 0.717) is 13.1 Å². The van der Waals surface area contributed by atoms with Gasteiger partial charge in [-0.15, -0.1) is 0 Å². The molecule has 1 heterocycles. The molecular weight excluding hydrogens is 170 g/mol. The molecule has 1 fully saturated rings. The lowest BCUT2D eigenvalue weighted by Crippen LogP contribution is -2.45. The van der Waals surface area contributed by atoms with E-state index < -0.39 is 11.8 Å². The summed E-state index contributed by atoms with van der Waals surface area (Å²) in [4.78, 5) is 23.8. The highest BCUT2D eigenvalue weighted by Gasteiger charge is 2.21. The Morgan fingerprint density at radius 3 is 2.08 bits per heavy atom. The molecule has 1 rings (SSSR count). The predicted octanol–water partition coefficient (Wildman–Crippen LogP) is -0.621. The molecule has 5 nitrogen and oxygen atoms in total. The molecule has 0 aromatic heterocycles. The van der Waals surface area contributed by atoms with Gasteiger partial charge in [0.25, 0.3) is 0 Å². The average Bonchev–Trinajstić information content (AvgIpc) is 2.43. The number of nitrogens with two attached hydrogens (primary N) is 1. The monoisotopic (exact) mass is 185 g/mol. The van der Waals surface area contributed by atoms with Crippen LogP contribution >= 0.6 is 0 Å². The second-order valence-corrected chi connectivity index (χ2v) is 3.18. The van der Waals surface area contributed by atoms with Gasteiger partial charge in [0.2, 0.25) is 0 Å². The molecule has 5 heteroatoms. The number of nitrogens with zero attached hydrogens (tertiary/aromatic N) is 1. The summed E-state index contributed by atoms with van der Waals surface area (Å²) in [7, 11) is 0. The Kier molecular flexibility index (Phi) is 3.70. The van der Waals surface area contributed by atoms with E-state index in [2.05, 4.69) is 0 Å². The van der Waals surface area contributed by atoms with Gasteiger partial charge in [0.05, 0.1) is 0 Å². The van der Waals surface area contributed by atoms with Crippen LogP contribution in [0, 0.1) is 0 Å². The highest BCUT2D eigenvalue weighted by Crippen LogP contribution is 2.09. The van der Waals surface area contributed by atoms with Crippen molar-refractivity contribution in [3.8, 4) is 0 Å². The molecule has 0 saturated carbocycles. The Morgan fingerprint density at radius 1 is 1.08 bits per heavy atom. The van der Waals surface area contributed by atoms with E-state index in [0.717, 1.165) is 25.7 Å². The van der Waals surface area contributed by atoms with Gasteiger partial charge in [0.15, 0.2) is 0 Å². The number of likely N-dealkylation sites (tertiary alicyclic amines) is 1. The fourth-order valence-corrected chi connectivity index (χ4v) is 1.48. The number of hydrazine groups is 1. The normalized spacial score (nSPS) is 17.8. The molecule has 13 heavy (non-hydrogen) atoms. The van der Waals surface area contributed by atoms with Gasteiger partial charge in [-0.2, -0.15) is 0 Å². The van der Waals surface area contributed by atoms with E-state index in [1.165, 1.54) is 0 Å². The summed E-state index contributed by atoms with van der Waals surface area (Å²) < 4.78 is 0. The molecule has 1 saturated heterocycles. The standard InChI is InChI=1S/C8H15N3O2/c9-10-7(12)8(13)11-5-3-1-2-4-6-11/h1-6,9H2,(H,10,12). The van der Waals surface area contributed by atoms with E-state index >= 15 is 0 Å².